The Bertz CT molecular complexity index is 611. The molecule has 1 aromatic rings. The van der Waals surface area contributed by atoms with Gasteiger partial charge >= 0.3 is 5.97 Å². The van der Waals surface area contributed by atoms with Crippen LogP contribution in [0.3, 0.4) is 0 Å². The van der Waals surface area contributed by atoms with Gasteiger partial charge in [0.25, 0.3) is 0 Å². The molecule has 1 saturated carbocycles. The second-order valence-corrected chi connectivity index (χ2v) is 5.39. The van der Waals surface area contributed by atoms with E-state index in [9.17, 15) is 14.0 Å². The predicted molar refractivity (Wildman–Crippen MR) is 72.9 cm³/mol. The molecule has 3 atom stereocenters. The highest BCUT2D eigenvalue weighted by atomic mass is 19.1. The number of ketones is 1. The summed E-state index contributed by atoms with van der Waals surface area (Å²) < 4.78 is 24.8. The van der Waals surface area contributed by atoms with Crippen molar-refractivity contribution in [2.75, 3.05) is 13.2 Å². The maximum atomic E-state index is 14.2. The molecule has 3 rings (SSSR count). The van der Waals surface area contributed by atoms with Crippen molar-refractivity contribution in [3.63, 3.8) is 0 Å². The molecule has 1 aliphatic heterocycles. The molecule has 1 aliphatic carbocycles. The second-order valence-electron chi connectivity index (χ2n) is 5.39. The van der Waals surface area contributed by atoms with Crippen LogP contribution in [0.2, 0.25) is 0 Å². The van der Waals surface area contributed by atoms with Gasteiger partial charge in [0.15, 0.2) is 5.78 Å². The van der Waals surface area contributed by atoms with Crippen LogP contribution in [0.15, 0.2) is 12.1 Å². The fourth-order valence-electron chi connectivity index (χ4n) is 3.17. The van der Waals surface area contributed by atoms with Crippen LogP contribution in [0.4, 0.5) is 4.39 Å². The third-order valence-electron chi connectivity index (χ3n) is 4.25. The SMILES string of the molecule is CCOC(=O)[C@@H]1C2COc3c(C(=O)CC)ccc(F)c3C21. The smallest absolute Gasteiger partial charge is 0.309 e. The molecule has 2 aliphatic rings. The summed E-state index contributed by atoms with van der Waals surface area (Å²) in [5.74, 6) is -1.12. The Balaban J connectivity index is 1.99. The molecule has 4 nitrogen and oxygen atoms in total. The number of carbonyl (C=O) groups excluding carboxylic acids is 2. The van der Waals surface area contributed by atoms with Crippen LogP contribution in [0, 0.1) is 17.7 Å². The number of halogens is 1. The molecular formula is C16H17FO4. The van der Waals surface area contributed by atoms with Crippen molar-refractivity contribution in [1.29, 1.82) is 0 Å². The minimum Gasteiger partial charge on any atom is -0.492 e. The lowest BCUT2D eigenvalue weighted by molar-refractivity contribution is -0.145. The van der Waals surface area contributed by atoms with Gasteiger partial charge in [-0.2, -0.15) is 0 Å². The van der Waals surface area contributed by atoms with E-state index in [0.717, 1.165) is 0 Å². The molecule has 21 heavy (non-hydrogen) atoms. The van der Waals surface area contributed by atoms with E-state index in [-0.39, 0.29) is 29.5 Å². The number of Topliss-reactive ketones (excluding diaryl/α,β-unsaturated/α-hetero) is 1. The van der Waals surface area contributed by atoms with Gasteiger partial charge in [0.05, 0.1) is 24.7 Å². The Morgan fingerprint density at radius 2 is 2.14 bits per heavy atom. The molecule has 0 N–H and O–H groups in total. The summed E-state index contributed by atoms with van der Waals surface area (Å²) in [5.41, 5.74) is 0.769. The first-order chi connectivity index (χ1) is 10.1. The Morgan fingerprint density at radius 1 is 1.38 bits per heavy atom. The average molecular weight is 292 g/mol. The second kappa shape index (κ2) is 5.13. The highest BCUT2D eigenvalue weighted by Gasteiger charge is 2.61. The Kier molecular flexibility index (Phi) is 3.43. The summed E-state index contributed by atoms with van der Waals surface area (Å²) >= 11 is 0. The standard InChI is InChI=1S/C16H17FO4/c1-3-11(18)8-5-6-10(17)14-12-9(7-21-15(8)14)13(12)16(19)20-4-2/h5-6,9,12-13H,3-4,7H2,1-2H3/t9?,12?,13-/m1/s1. The van der Waals surface area contributed by atoms with Gasteiger partial charge in [-0.15, -0.1) is 0 Å². The minimum atomic E-state index is -0.417. The number of carbonyl (C=O) groups is 2. The molecule has 0 aromatic heterocycles. The first-order valence-corrected chi connectivity index (χ1v) is 7.25. The first-order valence-electron chi connectivity index (χ1n) is 7.25. The zero-order valence-corrected chi connectivity index (χ0v) is 12.0. The lowest BCUT2D eigenvalue weighted by atomic mass is 9.97. The Hall–Kier alpha value is -1.91. The maximum absolute atomic E-state index is 14.2. The summed E-state index contributed by atoms with van der Waals surface area (Å²) in [6, 6.07) is 2.75. The van der Waals surface area contributed by atoms with E-state index in [2.05, 4.69) is 0 Å². The van der Waals surface area contributed by atoms with Crippen molar-refractivity contribution in [2.24, 2.45) is 11.8 Å². The Morgan fingerprint density at radius 3 is 2.81 bits per heavy atom. The average Bonchev–Trinajstić information content (AvgIpc) is 3.21. The van der Waals surface area contributed by atoms with Gasteiger partial charge in [-0.3, -0.25) is 9.59 Å². The third-order valence-corrected chi connectivity index (χ3v) is 4.25. The van der Waals surface area contributed by atoms with Gasteiger partial charge in [0, 0.05) is 23.8 Å². The van der Waals surface area contributed by atoms with E-state index in [1.807, 2.05) is 0 Å². The molecule has 2 unspecified atom stereocenters. The summed E-state index contributed by atoms with van der Waals surface area (Å²) in [7, 11) is 0. The summed E-state index contributed by atoms with van der Waals surface area (Å²) in [4.78, 5) is 23.8. The topological polar surface area (TPSA) is 52.6 Å². The first kappa shape index (κ1) is 14.0. The summed E-state index contributed by atoms with van der Waals surface area (Å²) in [5, 5.41) is 0. The number of ether oxygens (including phenoxy) is 2. The monoisotopic (exact) mass is 292 g/mol. The lowest BCUT2D eigenvalue weighted by Gasteiger charge is -2.19. The third kappa shape index (κ3) is 2.11. The van der Waals surface area contributed by atoms with Crippen LogP contribution in [0.1, 0.15) is 42.1 Å². The predicted octanol–water partition coefficient (Wildman–Crippen LogP) is 2.70. The van der Waals surface area contributed by atoms with Crippen molar-refractivity contribution >= 4 is 11.8 Å². The van der Waals surface area contributed by atoms with E-state index in [1.54, 1.807) is 13.8 Å². The molecule has 0 bridgehead atoms. The normalized spacial score (nSPS) is 25.4. The fourth-order valence-corrected chi connectivity index (χ4v) is 3.17. The largest absolute Gasteiger partial charge is 0.492 e. The van der Waals surface area contributed by atoms with Crippen LogP contribution in [0.25, 0.3) is 0 Å². The van der Waals surface area contributed by atoms with Crippen molar-refractivity contribution in [3.8, 4) is 5.75 Å². The van der Waals surface area contributed by atoms with Crippen LogP contribution in [-0.4, -0.2) is 25.0 Å². The highest BCUT2D eigenvalue weighted by molar-refractivity contribution is 5.99. The Labute approximate surface area is 122 Å². The van der Waals surface area contributed by atoms with Crippen LogP contribution in [0.5, 0.6) is 5.75 Å². The number of hydrogen-bond acceptors (Lipinski definition) is 4. The molecule has 0 radical (unpaired) electrons. The molecule has 1 aromatic carbocycles. The minimum absolute atomic E-state index is 0.0435. The lowest BCUT2D eigenvalue weighted by Crippen LogP contribution is -2.14. The van der Waals surface area contributed by atoms with Gasteiger partial charge in [0.2, 0.25) is 0 Å². The number of fused-ring (bicyclic) bond motifs is 3. The van der Waals surface area contributed by atoms with Gasteiger partial charge < -0.3 is 9.47 Å². The number of benzene rings is 1. The molecule has 1 fully saturated rings. The van der Waals surface area contributed by atoms with Gasteiger partial charge in [-0.05, 0) is 19.1 Å². The molecule has 0 amide bonds. The van der Waals surface area contributed by atoms with E-state index in [4.69, 9.17) is 9.47 Å². The number of hydrogen-bond donors (Lipinski definition) is 0. The zero-order chi connectivity index (χ0) is 15.1. The van der Waals surface area contributed by atoms with Crippen molar-refractivity contribution in [3.05, 3.63) is 29.1 Å². The van der Waals surface area contributed by atoms with Crippen molar-refractivity contribution in [1.82, 2.24) is 0 Å². The number of esters is 1. The van der Waals surface area contributed by atoms with E-state index in [0.29, 0.717) is 36.5 Å². The van der Waals surface area contributed by atoms with E-state index in [1.165, 1.54) is 12.1 Å². The molecular weight excluding hydrogens is 275 g/mol. The maximum Gasteiger partial charge on any atom is 0.309 e. The summed E-state index contributed by atoms with van der Waals surface area (Å²) in [6.07, 6.45) is 0.330. The van der Waals surface area contributed by atoms with Crippen LogP contribution < -0.4 is 4.74 Å². The zero-order valence-electron chi connectivity index (χ0n) is 12.0. The fraction of sp³-hybridized carbons (Fsp3) is 0.500. The van der Waals surface area contributed by atoms with E-state index < -0.39 is 5.82 Å². The van der Waals surface area contributed by atoms with Gasteiger partial charge in [-0.1, -0.05) is 6.92 Å². The van der Waals surface area contributed by atoms with Gasteiger partial charge in [0.1, 0.15) is 11.6 Å². The molecule has 112 valence electrons. The molecule has 0 saturated heterocycles. The quantitative estimate of drug-likeness (QED) is 0.632. The van der Waals surface area contributed by atoms with Crippen LogP contribution in [-0.2, 0) is 9.53 Å². The van der Waals surface area contributed by atoms with E-state index >= 15 is 0 Å². The van der Waals surface area contributed by atoms with Crippen molar-refractivity contribution < 1.29 is 23.5 Å². The molecule has 0 spiro atoms. The summed E-state index contributed by atoms with van der Waals surface area (Å²) in [6.45, 7) is 4.13. The highest BCUT2D eigenvalue weighted by Crippen LogP contribution is 2.60. The van der Waals surface area contributed by atoms with Crippen LogP contribution >= 0.6 is 0 Å². The number of rotatable bonds is 4. The molecule has 5 heteroatoms. The molecule has 1 heterocycles. The van der Waals surface area contributed by atoms with Crippen molar-refractivity contribution in [2.45, 2.75) is 26.2 Å². The van der Waals surface area contributed by atoms with Gasteiger partial charge in [-0.25, -0.2) is 4.39 Å².